The summed E-state index contributed by atoms with van der Waals surface area (Å²) < 4.78 is 38.0. The molecule has 12 nitrogen and oxygen atoms in total. The molecule has 0 unspecified atom stereocenters. The number of halogens is 1. The van der Waals surface area contributed by atoms with E-state index in [2.05, 4.69) is 196 Å². The van der Waals surface area contributed by atoms with Gasteiger partial charge in [-0.05, 0) is 157 Å². The first kappa shape index (κ1) is 64.2. The molecule has 8 aromatic heterocycles. The van der Waals surface area contributed by atoms with Crippen molar-refractivity contribution in [3.8, 4) is 78.7 Å². The molecule has 0 radical (unpaired) electrons. The highest BCUT2D eigenvalue weighted by Gasteiger charge is 2.52. The second-order valence-corrected chi connectivity index (χ2v) is 28.6. The zero-order chi connectivity index (χ0) is 71.2. The van der Waals surface area contributed by atoms with E-state index in [9.17, 15) is 0 Å². The SMILES string of the molecule is Brc1ccc2ccc(-c3ccc(-c4cccc5c4oc4ccccc45)nc3)cc2c1.CC1(C)OB(c2cnc(-c3cccc4c3oc3ccccc34)nc2)OC1(C)C.c1ccc2c(c1)oc1c(-c3ccc(-c4ccc5ccc(-c6cnc(-c7cccc8c7oc7ccccc78)nc6)cc5c4)cn3)cccc12. The van der Waals surface area contributed by atoms with Crippen molar-refractivity contribution in [2.45, 2.75) is 38.9 Å². The Kier molecular flexibility index (Phi) is 15.7. The van der Waals surface area contributed by atoms with E-state index in [0.29, 0.717) is 11.6 Å². The Morgan fingerprint density at radius 1 is 0.274 bits per heavy atom. The molecule has 0 saturated carbocycles. The van der Waals surface area contributed by atoms with Crippen LogP contribution in [0.1, 0.15) is 27.7 Å². The molecule has 0 amide bonds. The van der Waals surface area contributed by atoms with Crippen molar-refractivity contribution >= 4 is 138 Å². The minimum absolute atomic E-state index is 0.393. The summed E-state index contributed by atoms with van der Waals surface area (Å²) in [5.41, 5.74) is 18.8. The van der Waals surface area contributed by atoms with Crippen molar-refractivity contribution < 1.29 is 27.0 Å². The molecule has 0 spiro atoms. The van der Waals surface area contributed by atoms with Crippen LogP contribution in [0, 0.1) is 0 Å². The van der Waals surface area contributed by atoms with E-state index in [0.717, 1.165) is 175 Å². The summed E-state index contributed by atoms with van der Waals surface area (Å²) in [6.45, 7) is 8.13. The molecule has 1 saturated heterocycles. The third-order valence-electron chi connectivity index (χ3n) is 20.7. The zero-order valence-electron chi connectivity index (χ0n) is 58.0. The van der Waals surface area contributed by atoms with Gasteiger partial charge in [0.25, 0.3) is 0 Å². The summed E-state index contributed by atoms with van der Waals surface area (Å²) in [4.78, 5) is 28.3. The zero-order valence-corrected chi connectivity index (χ0v) is 59.5. The Morgan fingerprint density at radius 2 is 0.594 bits per heavy atom. The molecule has 106 heavy (non-hydrogen) atoms. The predicted octanol–water partition coefficient (Wildman–Crippen LogP) is 24.1. The molecule has 20 aromatic rings. The van der Waals surface area contributed by atoms with Gasteiger partial charge in [-0.2, -0.15) is 0 Å². The van der Waals surface area contributed by atoms with Crippen molar-refractivity contribution in [1.82, 2.24) is 29.9 Å². The maximum absolute atomic E-state index is 6.25. The normalized spacial score (nSPS) is 13.4. The fraction of sp³-hybridized carbons (Fsp3) is 0.0652. The number of rotatable bonds is 8. The molecule has 1 aliphatic heterocycles. The molecule has 21 rings (SSSR count). The molecular formula is C92H62BBrN6O6. The number of nitrogens with zero attached hydrogens (tertiary/aromatic N) is 6. The monoisotopic (exact) mass is 1440 g/mol. The highest BCUT2D eigenvalue weighted by molar-refractivity contribution is 9.10. The van der Waals surface area contributed by atoms with Crippen LogP contribution in [0.2, 0.25) is 0 Å². The number of fused-ring (bicyclic) bond motifs is 14. The lowest BCUT2D eigenvalue weighted by Crippen LogP contribution is -2.41. The Labute approximate surface area is 616 Å². The lowest BCUT2D eigenvalue weighted by molar-refractivity contribution is 0.00578. The van der Waals surface area contributed by atoms with Gasteiger partial charge in [-0.25, -0.2) is 19.9 Å². The fourth-order valence-electron chi connectivity index (χ4n) is 14.4. The summed E-state index contributed by atoms with van der Waals surface area (Å²) in [7, 11) is -0.471. The first-order valence-electron chi connectivity index (χ1n) is 35.2. The third kappa shape index (κ3) is 11.5. The average molecular weight is 1440 g/mol. The highest BCUT2D eigenvalue weighted by atomic mass is 79.9. The topological polar surface area (TPSA) is 148 Å². The van der Waals surface area contributed by atoms with Crippen LogP contribution in [-0.4, -0.2) is 48.2 Å². The Morgan fingerprint density at radius 3 is 0.991 bits per heavy atom. The average Bonchev–Trinajstić information content (AvgIpc) is 1.58. The number of furan rings is 4. The third-order valence-corrected chi connectivity index (χ3v) is 21.2. The largest absolute Gasteiger partial charge is 0.498 e. The van der Waals surface area contributed by atoms with Gasteiger partial charge in [0.05, 0.1) is 33.7 Å². The highest BCUT2D eigenvalue weighted by Crippen LogP contribution is 2.42. The van der Waals surface area contributed by atoms with Crippen LogP contribution in [0.4, 0.5) is 0 Å². The summed E-state index contributed by atoms with van der Waals surface area (Å²) >= 11 is 3.56. The molecule has 506 valence electrons. The molecule has 0 atom stereocenters. The smallest absolute Gasteiger partial charge is 0.455 e. The van der Waals surface area contributed by atoms with Gasteiger partial charge in [0.2, 0.25) is 0 Å². The summed E-state index contributed by atoms with van der Waals surface area (Å²) in [5, 5.41) is 13.5. The van der Waals surface area contributed by atoms with E-state index < -0.39 is 18.3 Å². The summed E-state index contributed by atoms with van der Waals surface area (Å²) in [6, 6.07) is 91.3. The summed E-state index contributed by atoms with van der Waals surface area (Å²) in [5.74, 6) is 1.25. The van der Waals surface area contributed by atoms with Crippen molar-refractivity contribution in [2.24, 2.45) is 0 Å². The van der Waals surface area contributed by atoms with Gasteiger partial charge in [0, 0.05) is 118 Å². The van der Waals surface area contributed by atoms with Crippen LogP contribution in [0.5, 0.6) is 0 Å². The Balaban J connectivity index is 0.000000115. The van der Waals surface area contributed by atoms with Gasteiger partial charge in [-0.1, -0.05) is 192 Å². The van der Waals surface area contributed by atoms with Crippen molar-refractivity contribution in [3.63, 3.8) is 0 Å². The number of hydrogen-bond donors (Lipinski definition) is 0. The molecule has 9 heterocycles. The Hall–Kier alpha value is -12.7. The number of para-hydroxylation sites is 8. The van der Waals surface area contributed by atoms with E-state index in [1.54, 1.807) is 12.4 Å². The van der Waals surface area contributed by atoms with E-state index in [-0.39, 0.29) is 0 Å². The fourth-order valence-corrected chi connectivity index (χ4v) is 14.8. The molecule has 14 heteroatoms. The minimum Gasteiger partial charge on any atom is -0.455 e. The molecule has 1 fully saturated rings. The molecular weight excluding hydrogens is 1380 g/mol. The standard InChI is InChI=1S/C43H25N3O2.C27H16BrNO.C22H21BN2O3/c1-3-13-39-32(7-1)34-9-5-11-36(41(34)47-39)38-20-19-29(23-44-38)27-17-15-26-16-18-28(22-30(26)21-27)31-24-45-43(46-25-31)37-12-6-10-35-33-8-2-4-14-40(33)48-42(35)37;28-21-12-10-17-8-9-18(14-20(17)15-21)19-11-13-25(29-16-19)24-6-3-5-23-22-4-1-2-7-26(22)30-27(23)24;1-21(2)22(3,4)28-23(27-21)14-12-24-20(25-13-14)17-10-7-9-16-15-8-5-6-11-18(15)26-19(16)17/h1-25H;1-16H;5-13H,1-4H3. The molecule has 0 aliphatic carbocycles. The van der Waals surface area contributed by atoms with Crippen LogP contribution in [0.3, 0.4) is 0 Å². The number of aromatic nitrogens is 6. The lowest BCUT2D eigenvalue weighted by Gasteiger charge is -2.32. The molecule has 0 N–H and O–H groups in total. The number of pyridine rings is 2. The quantitative estimate of drug-likeness (QED) is 0.133. The molecule has 1 aliphatic rings. The van der Waals surface area contributed by atoms with E-state index in [4.69, 9.17) is 46.9 Å². The van der Waals surface area contributed by atoms with Gasteiger partial charge in [-0.3, -0.25) is 9.97 Å². The first-order valence-corrected chi connectivity index (χ1v) is 36.0. The number of benzene rings is 12. The van der Waals surface area contributed by atoms with Crippen LogP contribution >= 0.6 is 15.9 Å². The van der Waals surface area contributed by atoms with Crippen LogP contribution in [0.15, 0.2) is 326 Å². The van der Waals surface area contributed by atoms with Crippen LogP contribution in [0.25, 0.3) is 188 Å². The van der Waals surface area contributed by atoms with Gasteiger partial charge >= 0.3 is 7.12 Å². The predicted molar refractivity (Wildman–Crippen MR) is 432 cm³/mol. The van der Waals surface area contributed by atoms with Gasteiger partial charge in [0.1, 0.15) is 44.7 Å². The van der Waals surface area contributed by atoms with E-state index >= 15 is 0 Å². The first-order chi connectivity index (χ1) is 51.9. The van der Waals surface area contributed by atoms with Gasteiger partial charge < -0.3 is 27.0 Å². The second-order valence-electron chi connectivity index (χ2n) is 27.7. The van der Waals surface area contributed by atoms with Crippen molar-refractivity contribution in [1.29, 1.82) is 0 Å². The molecule has 12 aromatic carbocycles. The lowest BCUT2D eigenvalue weighted by atomic mass is 9.81. The van der Waals surface area contributed by atoms with Crippen molar-refractivity contribution in [3.05, 3.63) is 309 Å². The number of hydrogen-bond acceptors (Lipinski definition) is 12. The minimum atomic E-state index is -0.471. The second kappa shape index (κ2) is 25.9. The van der Waals surface area contributed by atoms with Crippen LogP contribution in [-0.2, 0) is 9.31 Å². The Bertz CT molecular complexity index is 6600. The maximum atomic E-state index is 6.25. The van der Waals surface area contributed by atoms with Gasteiger partial charge in [0.15, 0.2) is 11.6 Å². The molecule has 0 bridgehead atoms. The summed E-state index contributed by atoms with van der Waals surface area (Å²) in [6.07, 6.45) is 11.2. The van der Waals surface area contributed by atoms with Crippen LogP contribution < -0.4 is 5.46 Å². The van der Waals surface area contributed by atoms with E-state index in [1.807, 2.05) is 150 Å². The van der Waals surface area contributed by atoms with Gasteiger partial charge in [-0.15, -0.1) is 0 Å². The maximum Gasteiger partial charge on any atom is 0.498 e. The van der Waals surface area contributed by atoms with E-state index in [1.165, 1.54) is 10.8 Å². The van der Waals surface area contributed by atoms with Crippen molar-refractivity contribution in [2.75, 3.05) is 0 Å².